The minimum atomic E-state index is -4.01. The summed E-state index contributed by atoms with van der Waals surface area (Å²) in [5, 5.41) is 12.5. The maximum Gasteiger partial charge on any atom is 0.262 e. The molecule has 0 aliphatic heterocycles. The molecule has 10 heteroatoms. The lowest BCUT2D eigenvalue weighted by molar-refractivity contribution is -0.120. The van der Waals surface area contributed by atoms with Gasteiger partial charge < -0.3 is 15.2 Å². The fraction of sp³-hybridized carbons (Fsp3) is 0.278. The number of sulfonamides is 1. The number of carbonyl (C=O) groups is 1. The molecule has 1 aliphatic carbocycles. The highest BCUT2D eigenvalue weighted by atomic mass is 35.5. The predicted octanol–water partition coefficient (Wildman–Crippen LogP) is 3.72. The monoisotopic (exact) mass is 444 g/mol. The number of rotatable bonds is 6. The first kappa shape index (κ1) is 20.6. The summed E-state index contributed by atoms with van der Waals surface area (Å²) in [6.07, 6.45) is 0.253. The van der Waals surface area contributed by atoms with Crippen LogP contribution in [0.4, 0.5) is 11.4 Å². The molecule has 0 heterocycles. The third-order valence-corrected chi connectivity index (χ3v) is 7.10. The Hall–Kier alpha value is -2.16. The van der Waals surface area contributed by atoms with Crippen molar-refractivity contribution in [3.8, 4) is 11.5 Å². The lowest BCUT2D eigenvalue weighted by atomic mass is 10.1. The molecule has 3 rings (SSSR count). The maximum atomic E-state index is 12.7. The van der Waals surface area contributed by atoms with Gasteiger partial charge in [-0.15, -0.1) is 23.2 Å². The van der Waals surface area contributed by atoms with Gasteiger partial charge in [-0.25, -0.2) is 8.42 Å². The van der Waals surface area contributed by atoms with E-state index in [1.165, 1.54) is 19.2 Å². The van der Waals surface area contributed by atoms with Crippen molar-refractivity contribution >= 4 is 50.5 Å². The topological polar surface area (TPSA) is 105 Å². The first-order chi connectivity index (χ1) is 13.0. The number of phenols is 1. The number of methoxy groups -OCH3 is 1. The van der Waals surface area contributed by atoms with Crippen molar-refractivity contribution < 1.29 is 23.1 Å². The van der Waals surface area contributed by atoms with Crippen molar-refractivity contribution in [1.29, 1.82) is 0 Å². The van der Waals surface area contributed by atoms with Crippen LogP contribution in [0.5, 0.6) is 11.5 Å². The van der Waals surface area contributed by atoms with Gasteiger partial charge in [0.25, 0.3) is 10.0 Å². The molecular formula is C18H18Cl2N2O5S. The number of ether oxygens (including phenoxy) is 1. The number of amides is 1. The van der Waals surface area contributed by atoms with Crippen LogP contribution >= 0.6 is 23.2 Å². The van der Waals surface area contributed by atoms with E-state index in [1.807, 2.05) is 0 Å². The van der Waals surface area contributed by atoms with Crippen LogP contribution in [-0.2, 0) is 14.8 Å². The Morgan fingerprint density at radius 1 is 1.18 bits per heavy atom. The van der Waals surface area contributed by atoms with Crippen molar-refractivity contribution in [1.82, 2.24) is 0 Å². The molecule has 2 aromatic rings. The van der Waals surface area contributed by atoms with Gasteiger partial charge in [-0.3, -0.25) is 9.52 Å². The molecule has 0 radical (unpaired) electrons. The fourth-order valence-corrected chi connectivity index (χ4v) is 4.42. The minimum Gasteiger partial charge on any atom is -0.506 e. The molecule has 2 aromatic carbocycles. The second-order valence-corrected chi connectivity index (χ2v) is 9.82. The Balaban J connectivity index is 1.87. The van der Waals surface area contributed by atoms with Gasteiger partial charge in [0.05, 0.1) is 28.8 Å². The van der Waals surface area contributed by atoms with Crippen molar-refractivity contribution in [2.75, 3.05) is 17.1 Å². The summed E-state index contributed by atoms with van der Waals surface area (Å²) >= 11 is 12.0. The second-order valence-electron chi connectivity index (χ2n) is 6.65. The molecule has 0 spiro atoms. The van der Waals surface area contributed by atoms with E-state index in [2.05, 4.69) is 10.0 Å². The van der Waals surface area contributed by atoms with Crippen molar-refractivity contribution in [3.63, 3.8) is 0 Å². The van der Waals surface area contributed by atoms with Gasteiger partial charge in [0.2, 0.25) is 5.91 Å². The quantitative estimate of drug-likeness (QED) is 0.464. The number of nitrogens with one attached hydrogen (secondary N) is 2. The number of alkyl halides is 2. The van der Waals surface area contributed by atoms with Crippen LogP contribution in [0.25, 0.3) is 0 Å². The summed E-state index contributed by atoms with van der Waals surface area (Å²) in [6, 6.07) is 10.1. The Morgan fingerprint density at radius 2 is 1.82 bits per heavy atom. The molecule has 0 unspecified atom stereocenters. The Labute approximate surface area is 172 Å². The van der Waals surface area contributed by atoms with E-state index >= 15 is 0 Å². The number of benzene rings is 2. The number of phenolic OH excluding ortho intramolecular Hbond substituents is 1. The molecule has 1 aliphatic rings. The summed E-state index contributed by atoms with van der Waals surface area (Å²) in [7, 11) is -2.58. The largest absolute Gasteiger partial charge is 0.506 e. The molecule has 1 amide bonds. The van der Waals surface area contributed by atoms with Gasteiger partial charge >= 0.3 is 0 Å². The lowest BCUT2D eigenvalue weighted by Crippen LogP contribution is -2.26. The van der Waals surface area contributed by atoms with Crippen LogP contribution in [-0.4, -0.2) is 30.9 Å². The number of para-hydroxylation sites is 2. The van der Waals surface area contributed by atoms with Gasteiger partial charge in [-0.05, 0) is 43.7 Å². The zero-order chi connectivity index (χ0) is 20.7. The summed E-state index contributed by atoms with van der Waals surface area (Å²) in [5.74, 6) is -0.454. The third kappa shape index (κ3) is 3.72. The number of carbonyl (C=O) groups excluding carboxylic acids is 1. The molecule has 150 valence electrons. The van der Waals surface area contributed by atoms with Gasteiger partial charge in [-0.2, -0.15) is 0 Å². The maximum absolute atomic E-state index is 12.7. The Kier molecular flexibility index (Phi) is 5.16. The van der Waals surface area contributed by atoms with Crippen LogP contribution < -0.4 is 14.8 Å². The molecule has 1 saturated carbocycles. The van der Waals surface area contributed by atoms with E-state index in [-0.39, 0.29) is 28.4 Å². The third-order valence-electron chi connectivity index (χ3n) is 4.64. The van der Waals surface area contributed by atoms with E-state index < -0.39 is 25.7 Å². The van der Waals surface area contributed by atoms with E-state index in [4.69, 9.17) is 27.9 Å². The molecule has 1 atom stereocenters. The van der Waals surface area contributed by atoms with Gasteiger partial charge in [0.15, 0.2) is 0 Å². The van der Waals surface area contributed by atoms with E-state index in [1.54, 1.807) is 31.2 Å². The molecule has 3 N–H and O–H groups in total. The van der Waals surface area contributed by atoms with Gasteiger partial charge in [0, 0.05) is 0 Å². The first-order valence-electron chi connectivity index (χ1n) is 8.18. The molecule has 0 bridgehead atoms. The summed E-state index contributed by atoms with van der Waals surface area (Å²) < 4.78 is 31.8. The highest BCUT2D eigenvalue weighted by Gasteiger charge is 2.68. The van der Waals surface area contributed by atoms with E-state index in [9.17, 15) is 18.3 Å². The van der Waals surface area contributed by atoms with Crippen LogP contribution in [0.2, 0.25) is 0 Å². The average molecular weight is 445 g/mol. The smallest absolute Gasteiger partial charge is 0.262 e. The van der Waals surface area contributed by atoms with Crippen molar-refractivity contribution in [3.05, 3.63) is 42.5 Å². The number of anilines is 2. The fourth-order valence-electron chi connectivity index (χ4n) is 2.62. The van der Waals surface area contributed by atoms with E-state index in [0.29, 0.717) is 5.75 Å². The molecular weight excluding hydrogens is 427 g/mol. The predicted molar refractivity (Wildman–Crippen MR) is 108 cm³/mol. The van der Waals surface area contributed by atoms with Crippen molar-refractivity contribution in [2.24, 2.45) is 5.41 Å². The number of hydrogen-bond acceptors (Lipinski definition) is 5. The lowest BCUT2D eigenvalue weighted by Gasteiger charge is -2.15. The van der Waals surface area contributed by atoms with Crippen LogP contribution in [0.1, 0.15) is 13.3 Å². The van der Waals surface area contributed by atoms with Gasteiger partial charge in [0.1, 0.15) is 15.8 Å². The zero-order valence-electron chi connectivity index (χ0n) is 15.0. The SMILES string of the molecule is COc1ccccc1NS(=O)(=O)c1ccc(O)c(NC(=O)[C@@]2(C)CC2(Cl)Cl)c1. The highest BCUT2D eigenvalue weighted by molar-refractivity contribution is 7.92. The first-order valence-corrected chi connectivity index (χ1v) is 10.4. The highest BCUT2D eigenvalue weighted by Crippen LogP contribution is 2.64. The van der Waals surface area contributed by atoms with Crippen LogP contribution in [0.3, 0.4) is 0 Å². The Morgan fingerprint density at radius 3 is 2.43 bits per heavy atom. The van der Waals surface area contributed by atoms with Crippen molar-refractivity contribution in [2.45, 2.75) is 22.6 Å². The van der Waals surface area contributed by atoms with Gasteiger partial charge in [-0.1, -0.05) is 12.1 Å². The molecule has 28 heavy (non-hydrogen) atoms. The standard InChI is InChI=1S/C18H18Cl2N2O5S/c1-17(10-18(17,19)20)16(24)21-13-9-11(7-8-14(13)23)28(25,26)22-12-5-3-4-6-15(12)27-2/h3-9,22-23H,10H2,1-2H3,(H,21,24)/t17-/m1/s1. The molecule has 1 fully saturated rings. The summed E-state index contributed by atoms with van der Waals surface area (Å²) in [6.45, 7) is 1.59. The minimum absolute atomic E-state index is 0.0647. The number of hydrogen-bond donors (Lipinski definition) is 3. The van der Waals surface area contributed by atoms with E-state index in [0.717, 1.165) is 6.07 Å². The normalized spacial score (nSPS) is 20.3. The number of halogens is 2. The second kappa shape index (κ2) is 7.02. The molecule has 7 nitrogen and oxygen atoms in total. The number of aromatic hydroxyl groups is 1. The molecule has 0 aromatic heterocycles. The average Bonchev–Trinajstić information content (AvgIpc) is 3.16. The molecule has 0 saturated heterocycles. The van der Waals surface area contributed by atoms with Crippen LogP contribution in [0.15, 0.2) is 47.4 Å². The van der Waals surface area contributed by atoms with Crippen LogP contribution in [0, 0.1) is 5.41 Å². The Bertz CT molecular complexity index is 1040. The zero-order valence-corrected chi connectivity index (χ0v) is 17.3. The summed E-state index contributed by atoms with van der Waals surface area (Å²) in [4.78, 5) is 12.3. The summed E-state index contributed by atoms with van der Waals surface area (Å²) in [5.41, 5.74) is -0.832.